The van der Waals surface area contributed by atoms with Crippen molar-refractivity contribution in [3.05, 3.63) is 104 Å². The van der Waals surface area contributed by atoms with Crippen LogP contribution in [0.1, 0.15) is 58.7 Å². The van der Waals surface area contributed by atoms with Crippen molar-refractivity contribution in [2.45, 2.75) is 50.2 Å². The number of nitrogens with zero attached hydrogens (tertiary/aromatic N) is 6. The summed E-state index contributed by atoms with van der Waals surface area (Å²) >= 11 is 12.2. The molecule has 4 atom stereocenters. The van der Waals surface area contributed by atoms with Gasteiger partial charge in [0.1, 0.15) is 47.8 Å². The molecule has 14 heteroatoms. The van der Waals surface area contributed by atoms with Crippen LogP contribution in [0.5, 0.6) is 0 Å². The first kappa shape index (κ1) is 32.9. The van der Waals surface area contributed by atoms with Crippen LogP contribution in [-0.2, 0) is 22.3 Å². The van der Waals surface area contributed by atoms with Crippen LogP contribution < -0.4 is 9.80 Å². The molecule has 4 aliphatic rings. The van der Waals surface area contributed by atoms with Gasteiger partial charge in [-0.25, -0.2) is 37.5 Å². The molecule has 2 saturated heterocycles. The molecule has 4 aromatic rings. The Bertz CT molecular complexity index is 1640. The lowest BCUT2D eigenvalue weighted by atomic mass is 9.98. The minimum absolute atomic E-state index is 0.115. The first-order valence-electron chi connectivity index (χ1n) is 15.9. The van der Waals surface area contributed by atoms with Gasteiger partial charge in [0.15, 0.2) is 0 Å². The van der Waals surface area contributed by atoms with Gasteiger partial charge in [0.25, 0.3) is 0 Å². The van der Waals surface area contributed by atoms with Crippen LogP contribution in [0.4, 0.5) is 29.2 Å². The standard InChI is InChI=1S/2C17H16ClF2N3O/c2*18-17-21-14-13(16(22-17)23-7-5-12(20)9-23)6-8-24-15(14)10-1-3-11(19)4-2-10/h2*1-4,12,15H,5-9H2/t2*12-,15?/m00/s1. The van der Waals surface area contributed by atoms with Gasteiger partial charge in [-0.3, -0.25) is 0 Å². The molecule has 0 radical (unpaired) electrons. The summed E-state index contributed by atoms with van der Waals surface area (Å²) in [5.41, 5.74) is 4.86. The molecule has 0 spiro atoms. The molecule has 0 bridgehead atoms. The van der Waals surface area contributed by atoms with Crippen molar-refractivity contribution in [2.75, 3.05) is 49.2 Å². The summed E-state index contributed by atoms with van der Waals surface area (Å²) in [6, 6.07) is 12.3. The van der Waals surface area contributed by atoms with E-state index >= 15 is 0 Å². The van der Waals surface area contributed by atoms with Gasteiger partial charge in [0.05, 0.1) is 37.7 Å². The molecule has 6 heterocycles. The lowest BCUT2D eigenvalue weighted by Gasteiger charge is -2.29. The average molecular weight is 704 g/mol. The number of alkyl halides is 2. The highest BCUT2D eigenvalue weighted by molar-refractivity contribution is 6.28. The van der Waals surface area contributed by atoms with E-state index in [9.17, 15) is 17.6 Å². The van der Waals surface area contributed by atoms with Crippen LogP contribution in [-0.4, -0.2) is 71.7 Å². The summed E-state index contributed by atoms with van der Waals surface area (Å²) in [7, 11) is 0. The van der Waals surface area contributed by atoms with Gasteiger partial charge in [-0.2, -0.15) is 0 Å². The number of rotatable bonds is 4. The molecule has 2 aromatic carbocycles. The number of hydrogen-bond donors (Lipinski definition) is 0. The minimum atomic E-state index is -0.845. The average Bonchev–Trinajstić information content (AvgIpc) is 3.72. The Morgan fingerprint density at radius 3 is 1.35 bits per heavy atom. The minimum Gasteiger partial charge on any atom is -0.367 e. The van der Waals surface area contributed by atoms with Gasteiger partial charge in [-0.05, 0) is 71.4 Å². The Morgan fingerprint density at radius 2 is 1.00 bits per heavy atom. The summed E-state index contributed by atoms with van der Waals surface area (Å²) in [5.74, 6) is 0.783. The second kappa shape index (κ2) is 14.1. The number of aromatic nitrogens is 4. The highest BCUT2D eigenvalue weighted by atomic mass is 35.5. The van der Waals surface area contributed by atoms with E-state index in [0.717, 1.165) is 22.3 Å². The van der Waals surface area contributed by atoms with Crippen molar-refractivity contribution in [1.29, 1.82) is 0 Å². The monoisotopic (exact) mass is 702 g/mol. The van der Waals surface area contributed by atoms with Gasteiger partial charge < -0.3 is 19.3 Å². The van der Waals surface area contributed by atoms with Gasteiger partial charge in [-0.1, -0.05) is 24.3 Å². The number of benzene rings is 2. The zero-order valence-corrected chi connectivity index (χ0v) is 27.3. The van der Waals surface area contributed by atoms with Crippen LogP contribution in [0.3, 0.4) is 0 Å². The summed E-state index contributed by atoms with van der Waals surface area (Å²) in [6.07, 6.45) is -0.248. The third-order valence-corrected chi connectivity index (χ3v) is 9.29. The molecule has 48 heavy (non-hydrogen) atoms. The molecule has 2 unspecified atom stereocenters. The fraction of sp³-hybridized carbons (Fsp3) is 0.412. The molecular weight excluding hydrogens is 671 g/mol. The third-order valence-electron chi connectivity index (χ3n) is 8.96. The molecule has 2 aromatic heterocycles. The second-order valence-corrected chi connectivity index (χ2v) is 12.8. The van der Waals surface area contributed by atoms with E-state index in [2.05, 4.69) is 19.9 Å². The Labute approximate surface area is 285 Å². The third kappa shape index (κ3) is 6.94. The quantitative estimate of drug-likeness (QED) is 0.167. The van der Waals surface area contributed by atoms with E-state index in [1.165, 1.54) is 24.3 Å². The Kier molecular flexibility index (Phi) is 9.68. The van der Waals surface area contributed by atoms with Gasteiger partial charge in [0.2, 0.25) is 10.6 Å². The molecule has 2 fully saturated rings. The highest BCUT2D eigenvalue weighted by Crippen LogP contribution is 2.39. The van der Waals surface area contributed by atoms with E-state index in [-0.39, 0.29) is 22.2 Å². The lowest BCUT2D eigenvalue weighted by Crippen LogP contribution is -2.27. The lowest BCUT2D eigenvalue weighted by molar-refractivity contribution is 0.0662. The predicted octanol–water partition coefficient (Wildman–Crippen LogP) is 6.96. The molecule has 8 nitrogen and oxygen atoms in total. The maximum absolute atomic E-state index is 13.6. The molecule has 0 amide bonds. The normalized spacial score (nSPS) is 23.4. The van der Waals surface area contributed by atoms with Crippen molar-refractivity contribution in [3.8, 4) is 0 Å². The fourth-order valence-electron chi connectivity index (χ4n) is 6.68. The van der Waals surface area contributed by atoms with E-state index in [4.69, 9.17) is 32.7 Å². The van der Waals surface area contributed by atoms with Crippen LogP contribution in [0, 0.1) is 11.6 Å². The number of ether oxygens (including phenoxy) is 2. The Hall–Kier alpha value is -3.58. The number of fused-ring (bicyclic) bond motifs is 2. The predicted molar refractivity (Wildman–Crippen MR) is 173 cm³/mol. The summed E-state index contributed by atoms with van der Waals surface area (Å²) in [4.78, 5) is 21.2. The highest BCUT2D eigenvalue weighted by Gasteiger charge is 2.34. The number of hydrogen-bond acceptors (Lipinski definition) is 8. The first-order valence-corrected chi connectivity index (χ1v) is 16.6. The van der Waals surface area contributed by atoms with Gasteiger partial charge >= 0.3 is 0 Å². The van der Waals surface area contributed by atoms with Gasteiger partial charge in [-0.15, -0.1) is 0 Å². The SMILES string of the molecule is Fc1ccc(C2OCCc3c2nc(Cl)nc3N2CC[C@H](F)C2)cc1.Fc1ccc(C2OCCc3c2nc(Cl)nc3N2CC[C@H](F)C2)cc1. The van der Waals surface area contributed by atoms with E-state index in [0.29, 0.717) is 88.1 Å². The van der Waals surface area contributed by atoms with Crippen molar-refractivity contribution in [3.63, 3.8) is 0 Å². The topological polar surface area (TPSA) is 76.5 Å². The van der Waals surface area contributed by atoms with Crippen LogP contribution in [0.2, 0.25) is 10.6 Å². The van der Waals surface area contributed by atoms with Crippen LogP contribution >= 0.6 is 23.2 Å². The summed E-state index contributed by atoms with van der Waals surface area (Å²) < 4.78 is 65.3. The number of anilines is 2. The second-order valence-electron chi connectivity index (χ2n) is 12.1. The fourth-order valence-corrected chi connectivity index (χ4v) is 7.02. The largest absolute Gasteiger partial charge is 0.367 e. The van der Waals surface area contributed by atoms with E-state index < -0.39 is 24.6 Å². The van der Waals surface area contributed by atoms with Gasteiger partial charge in [0, 0.05) is 37.1 Å². The van der Waals surface area contributed by atoms with Crippen molar-refractivity contribution in [1.82, 2.24) is 19.9 Å². The van der Waals surface area contributed by atoms with E-state index in [1.807, 2.05) is 9.80 Å². The number of halogens is 6. The van der Waals surface area contributed by atoms with Crippen LogP contribution in [0.25, 0.3) is 0 Å². The summed E-state index contributed by atoms with van der Waals surface area (Å²) in [6.45, 7) is 2.87. The maximum atomic E-state index is 13.6. The Morgan fingerprint density at radius 1 is 0.604 bits per heavy atom. The molecule has 0 aliphatic carbocycles. The smallest absolute Gasteiger partial charge is 0.224 e. The van der Waals surface area contributed by atoms with Crippen molar-refractivity contribution in [2.24, 2.45) is 0 Å². The van der Waals surface area contributed by atoms with Crippen LogP contribution in [0.15, 0.2) is 48.5 Å². The molecule has 0 saturated carbocycles. The van der Waals surface area contributed by atoms with E-state index in [1.54, 1.807) is 24.3 Å². The molecular formula is C34H32Cl2F4N6O2. The maximum Gasteiger partial charge on any atom is 0.224 e. The molecule has 252 valence electrons. The zero-order valence-electron chi connectivity index (χ0n) is 25.8. The Balaban J connectivity index is 0.000000152. The molecule has 8 rings (SSSR count). The van der Waals surface area contributed by atoms with Crippen molar-refractivity contribution >= 4 is 34.8 Å². The molecule has 4 aliphatic heterocycles. The van der Waals surface area contributed by atoms with Crippen molar-refractivity contribution < 1.29 is 27.0 Å². The zero-order chi connectivity index (χ0) is 33.4. The summed E-state index contributed by atoms with van der Waals surface area (Å²) in [5, 5.41) is 0.229. The first-order chi connectivity index (χ1) is 23.2. The molecule has 0 N–H and O–H groups in total.